The van der Waals surface area contributed by atoms with Crippen molar-refractivity contribution in [2.45, 2.75) is 55.6 Å². The maximum absolute atomic E-state index is 13.0. The lowest BCUT2D eigenvalue weighted by molar-refractivity contribution is 0.0711. The maximum atomic E-state index is 13.0. The van der Waals surface area contributed by atoms with Crippen LogP contribution < -0.4 is 14.2 Å². The molecule has 1 aliphatic carbocycles. The number of hydrogen-bond acceptors (Lipinski definition) is 5. The lowest BCUT2D eigenvalue weighted by Gasteiger charge is -2.32. The van der Waals surface area contributed by atoms with Crippen molar-refractivity contribution < 1.29 is 22.7 Å². The van der Waals surface area contributed by atoms with E-state index in [2.05, 4.69) is 4.72 Å². The van der Waals surface area contributed by atoms with Crippen LogP contribution in [-0.4, -0.2) is 51.6 Å². The number of nitrogens with zero attached hydrogens (tertiary/aromatic N) is 1. The fourth-order valence-electron chi connectivity index (χ4n) is 4.35. The molecular formula is C24H30N2O5S. The van der Waals surface area contributed by atoms with Crippen molar-refractivity contribution in [3.8, 4) is 11.5 Å². The van der Waals surface area contributed by atoms with Crippen LogP contribution in [0.5, 0.6) is 11.5 Å². The van der Waals surface area contributed by atoms with Crippen LogP contribution in [0.4, 0.5) is 0 Å². The summed E-state index contributed by atoms with van der Waals surface area (Å²) in [6, 6.07) is 13.5. The summed E-state index contributed by atoms with van der Waals surface area (Å²) in [7, 11) is -1.98. The highest BCUT2D eigenvalue weighted by molar-refractivity contribution is 7.89. The van der Waals surface area contributed by atoms with Crippen molar-refractivity contribution in [3.63, 3.8) is 0 Å². The third-order valence-corrected chi connectivity index (χ3v) is 7.70. The topological polar surface area (TPSA) is 84.9 Å². The first kappa shape index (κ1) is 22.6. The molecule has 1 aliphatic heterocycles. The third kappa shape index (κ3) is 5.24. The molecule has 0 aromatic heterocycles. The highest BCUT2D eigenvalue weighted by Gasteiger charge is 2.28. The largest absolute Gasteiger partial charge is 0.493 e. The standard InChI is InChI=1S/C24H30N2O5S/c1-30-23-17-18(11-12-22(23)31-20-7-5-6-8-20)24(27)26-15-13-19(14-16-26)25-32(28,29)21-9-3-2-4-10-21/h2-4,9-12,17,19-20,25H,5-8,13-16H2,1H3. The number of amides is 1. The van der Waals surface area contributed by atoms with Crippen molar-refractivity contribution in [2.75, 3.05) is 20.2 Å². The van der Waals surface area contributed by atoms with Crippen LogP contribution >= 0.6 is 0 Å². The molecule has 1 saturated carbocycles. The van der Waals surface area contributed by atoms with E-state index in [1.807, 2.05) is 6.07 Å². The molecule has 8 heteroatoms. The Morgan fingerprint density at radius 3 is 2.31 bits per heavy atom. The fraction of sp³-hybridized carbons (Fsp3) is 0.458. The molecule has 1 heterocycles. The summed E-state index contributed by atoms with van der Waals surface area (Å²) in [5.74, 6) is 1.15. The second-order valence-electron chi connectivity index (χ2n) is 8.39. The molecule has 4 rings (SSSR count). The predicted octanol–water partition coefficient (Wildman–Crippen LogP) is 3.60. The summed E-state index contributed by atoms with van der Waals surface area (Å²) in [6.45, 7) is 0.979. The van der Waals surface area contributed by atoms with E-state index in [4.69, 9.17) is 9.47 Å². The van der Waals surface area contributed by atoms with E-state index in [9.17, 15) is 13.2 Å². The monoisotopic (exact) mass is 458 g/mol. The van der Waals surface area contributed by atoms with Crippen LogP contribution in [-0.2, 0) is 10.0 Å². The van der Waals surface area contributed by atoms with Crippen molar-refractivity contribution in [1.82, 2.24) is 9.62 Å². The Kier molecular flexibility index (Phi) is 7.01. The zero-order chi connectivity index (χ0) is 22.6. The van der Waals surface area contributed by atoms with Crippen LogP contribution in [0.2, 0.25) is 0 Å². The molecule has 172 valence electrons. The van der Waals surface area contributed by atoms with Crippen molar-refractivity contribution in [1.29, 1.82) is 0 Å². The molecule has 2 aromatic carbocycles. The van der Waals surface area contributed by atoms with Crippen molar-refractivity contribution in [3.05, 3.63) is 54.1 Å². The lowest BCUT2D eigenvalue weighted by Crippen LogP contribution is -2.46. The Hall–Kier alpha value is -2.58. The smallest absolute Gasteiger partial charge is 0.253 e. The molecule has 1 saturated heterocycles. The molecular weight excluding hydrogens is 428 g/mol. The van der Waals surface area contributed by atoms with Gasteiger partial charge in [-0.3, -0.25) is 4.79 Å². The molecule has 0 radical (unpaired) electrons. The van der Waals surface area contributed by atoms with Crippen molar-refractivity contribution in [2.24, 2.45) is 0 Å². The Bertz CT molecular complexity index is 1030. The Morgan fingerprint density at radius 2 is 1.66 bits per heavy atom. The summed E-state index contributed by atoms with van der Waals surface area (Å²) in [5, 5.41) is 0. The Morgan fingerprint density at radius 1 is 0.969 bits per heavy atom. The lowest BCUT2D eigenvalue weighted by atomic mass is 10.0. The summed E-state index contributed by atoms with van der Waals surface area (Å²) < 4.78 is 39.4. The second kappa shape index (κ2) is 9.92. The van der Waals surface area contributed by atoms with E-state index in [1.54, 1.807) is 54.5 Å². The minimum atomic E-state index is -3.56. The van der Waals surface area contributed by atoms with Crippen LogP contribution in [0, 0.1) is 0 Å². The first-order valence-electron chi connectivity index (χ1n) is 11.2. The zero-order valence-corrected chi connectivity index (χ0v) is 19.1. The molecule has 2 aromatic rings. The maximum Gasteiger partial charge on any atom is 0.253 e. The van der Waals surface area contributed by atoms with Gasteiger partial charge in [0.2, 0.25) is 10.0 Å². The molecule has 1 N–H and O–H groups in total. The zero-order valence-electron chi connectivity index (χ0n) is 18.3. The quantitative estimate of drug-likeness (QED) is 0.685. The van der Waals surface area contributed by atoms with Gasteiger partial charge in [-0.1, -0.05) is 18.2 Å². The highest BCUT2D eigenvalue weighted by atomic mass is 32.2. The molecule has 0 bridgehead atoms. The first-order chi connectivity index (χ1) is 15.5. The summed E-state index contributed by atoms with van der Waals surface area (Å²) >= 11 is 0. The van der Waals surface area contributed by atoms with Gasteiger partial charge in [0.05, 0.1) is 18.1 Å². The van der Waals surface area contributed by atoms with Gasteiger partial charge in [-0.2, -0.15) is 0 Å². The normalized spacial score (nSPS) is 18.0. The van der Waals surface area contributed by atoms with Gasteiger partial charge >= 0.3 is 0 Å². The molecule has 2 fully saturated rings. The van der Waals surface area contributed by atoms with Gasteiger partial charge in [0.1, 0.15) is 0 Å². The third-order valence-electron chi connectivity index (χ3n) is 6.16. The number of hydrogen-bond donors (Lipinski definition) is 1. The molecule has 32 heavy (non-hydrogen) atoms. The average Bonchev–Trinajstić information content (AvgIpc) is 3.33. The van der Waals surface area contributed by atoms with E-state index in [0.29, 0.717) is 43.0 Å². The van der Waals surface area contributed by atoms with E-state index < -0.39 is 10.0 Å². The molecule has 1 amide bonds. The molecule has 7 nitrogen and oxygen atoms in total. The first-order valence-corrected chi connectivity index (χ1v) is 12.7. The van der Waals surface area contributed by atoms with Crippen LogP contribution in [0.1, 0.15) is 48.9 Å². The number of ether oxygens (including phenoxy) is 2. The summed E-state index contributed by atoms with van der Waals surface area (Å²) in [4.78, 5) is 15.0. The number of carbonyl (C=O) groups is 1. The predicted molar refractivity (Wildman–Crippen MR) is 122 cm³/mol. The number of methoxy groups -OCH3 is 1. The minimum absolute atomic E-state index is 0.0833. The summed E-state index contributed by atoms with van der Waals surface area (Å²) in [6.07, 6.45) is 5.81. The van der Waals surface area contributed by atoms with Gasteiger partial charge in [-0.25, -0.2) is 13.1 Å². The van der Waals surface area contributed by atoms with E-state index in [-0.39, 0.29) is 22.9 Å². The van der Waals surface area contributed by atoms with Crippen LogP contribution in [0.15, 0.2) is 53.4 Å². The molecule has 2 aliphatic rings. The average molecular weight is 459 g/mol. The number of nitrogens with one attached hydrogen (secondary N) is 1. The van der Waals surface area contributed by atoms with Crippen LogP contribution in [0.25, 0.3) is 0 Å². The second-order valence-corrected chi connectivity index (χ2v) is 10.1. The number of benzene rings is 2. The van der Waals surface area contributed by atoms with Crippen LogP contribution in [0.3, 0.4) is 0 Å². The molecule has 0 unspecified atom stereocenters. The summed E-state index contributed by atoms with van der Waals surface area (Å²) in [5.41, 5.74) is 0.545. The van der Waals surface area contributed by atoms with Gasteiger partial charge in [-0.15, -0.1) is 0 Å². The number of likely N-dealkylation sites (tertiary alicyclic amines) is 1. The Balaban J connectivity index is 1.36. The molecule has 0 atom stereocenters. The van der Waals surface area contributed by atoms with E-state index in [0.717, 1.165) is 12.8 Å². The van der Waals surface area contributed by atoms with Gasteiger partial charge in [0.25, 0.3) is 5.91 Å². The minimum Gasteiger partial charge on any atom is -0.493 e. The van der Waals surface area contributed by atoms with E-state index >= 15 is 0 Å². The Labute approximate surface area is 189 Å². The van der Waals surface area contributed by atoms with Gasteiger partial charge in [0, 0.05) is 24.7 Å². The van der Waals surface area contributed by atoms with Gasteiger partial charge in [-0.05, 0) is 68.9 Å². The number of piperidine rings is 1. The number of rotatable bonds is 7. The SMILES string of the molecule is COc1cc(C(=O)N2CCC(NS(=O)(=O)c3ccccc3)CC2)ccc1OC1CCCC1. The highest BCUT2D eigenvalue weighted by Crippen LogP contribution is 2.33. The number of sulfonamides is 1. The number of carbonyl (C=O) groups excluding carboxylic acids is 1. The van der Waals surface area contributed by atoms with Crippen molar-refractivity contribution >= 4 is 15.9 Å². The molecule has 0 spiro atoms. The van der Waals surface area contributed by atoms with Gasteiger partial charge in [0.15, 0.2) is 11.5 Å². The van der Waals surface area contributed by atoms with Gasteiger partial charge < -0.3 is 14.4 Å². The van der Waals surface area contributed by atoms with E-state index in [1.165, 1.54) is 12.8 Å². The fourth-order valence-corrected chi connectivity index (χ4v) is 5.68.